The first-order chi connectivity index (χ1) is 9.36. The van der Waals surface area contributed by atoms with Gasteiger partial charge in [-0.2, -0.15) is 0 Å². The second-order valence-electron chi connectivity index (χ2n) is 5.08. The summed E-state index contributed by atoms with van der Waals surface area (Å²) in [4.78, 5) is 0. The third-order valence-corrected chi connectivity index (χ3v) is 3.60. The van der Waals surface area contributed by atoms with Gasteiger partial charge in [-0.1, -0.05) is 25.1 Å². The van der Waals surface area contributed by atoms with E-state index >= 15 is 0 Å². The van der Waals surface area contributed by atoms with E-state index in [4.69, 9.17) is 9.47 Å². The SMILES string of the molecule is CCCNC(CCCOC)c1cccc2c1OCC2. The number of benzene rings is 1. The van der Waals surface area contributed by atoms with Gasteiger partial charge in [-0.05, 0) is 31.4 Å². The van der Waals surface area contributed by atoms with Crippen LogP contribution in [0.3, 0.4) is 0 Å². The van der Waals surface area contributed by atoms with Crippen molar-refractivity contribution < 1.29 is 9.47 Å². The number of para-hydroxylation sites is 1. The summed E-state index contributed by atoms with van der Waals surface area (Å²) in [7, 11) is 1.76. The first-order valence-electron chi connectivity index (χ1n) is 7.33. The fourth-order valence-electron chi connectivity index (χ4n) is 2.63. The molecule has 19 heavy (non-hydrogen) atoms. The molecule has 0 radical (unpaired) electrons. The van der Waals surface area contributed by atoms with Crippen LogP contribution in [0.4, 0.5) is 0 Å². The van der Waals surface area contributed by atoms with Gasteiger partial charge in [-0.25, -0.2) is 0 Å². The molecule has 1 aliphatic heterocycles. The summed E-state index contributed by atoms with van der Waals surface area (Å²) in [5, 5.41) is 3.64. The fraction of sp³-hybridized carbons (Fsp3) is 0.625. The van der Waals surface area contributed by atoms with Crippen LogP contribution in [0.5, 0.6) is 5.75 Å². The number of hydrogen-bond donors (Lipinski definition) is 1. The van der Waals surface area contributed by atoms with Crippen molar-refractivity contribution in [3.05, 3.63) is 29.3 Å². The van der Waals surface area contributed by atoms with E-state index in [0.717, 1.165) is 51.2 Å². The summed E-state index contributed by atoms with van der Waals surface area (Å²) in [6, 6.07) is 6.91. The molecule has 0 saturated heterocycles. The van der Waals surface area contributed by atoms with Crippen molar-refractivity contribution in [2.45, 2.75) is 38.6 Å². The molecule has 3 nitrogen and oxygen atoms in total. The van der Waals surface area contributed by atoms with E-state index in [9.17, 15) is 0 Å². The van der Waals surface area contributed by atoms with E-state index < -0.39 is 0 Å². The first-order valence-corrected chi connectivity index (χ1v) is 7.33. The summed E-state index contributed by atoms with van der Waals surface area (Å²) in [6.07, 6.45) is 4.35. The number of methoxy groups -OCH3 is 1. The van der Waals surface area contributed by atoms with Crippen LogP contribution in [0.15, 0.2) is 18.2 Å². The van der Waals surface area contributed by atoms with Crippen molar-refractivity contribution in [1.82, 2.24) is 5.32 Å². The van der Waals surface area contributed by atoms with Gasteiger partial charge >= 0.3 is 0 Å². The Hall–Kier alpha value is -1.06. The average molecular weight is 263 g/mol. The smallest absolute Gasteiger partial charge is 0.127 e. The number of rotatable bonds is 8. The highest BCUT2D eigenvalue weighted by molar-refractivity contribution is 5.45. The Balaban J connectivity index is 2.10. The van der Waals surface area contributed by atoms with Crippen LogP contribution in [0.2, 0.25) is 0 Å². The standard InChI is InChI=1S/C16H25NO2/c1-3-10-17-15(8-5-11-18-2)14-7-4-6-13-9-12-19-16(13)14/h4,6-7,15,17H,3,5,8-12H2,1-2H3. The normalized spacial score (nSPS) is 15.1. The summed E-state index contributed by atoms with van der Waals surface area (Å²) >= 11 is 0. The zero-order chi connectivity index (χ0) is 13.5. The quantitative estimate of drug-likeness (QED) is 0.731. The summed E-state index contributed by atoms with van der Waals surface area (Å²) < 4.78 is 11.0. The molecule has 2 rings (SSSR count). The zero-order valence-corrected chi connectivity index (χ0v) is 12.1. The Labute approximate surface area is 116 Å². The molecule has 1 unspecified atom stereocenters. The maximum atomic E-state index is 5.83. The first kappa shape index (κ1) is 14.4. The van der Waals surface area contributed by atoms with Crippen LogP contribution in [0.1, 0.15) is 43.4 Å². The van der Waals surface area contributed by atoms with E-state index in [-0.39, 0.29) is 0 Å². The lowest BCUT2D eigenvalue weighted by atomic mass is 9.98. The summed E-state index contributed by atoms with van der Waals surface area (Å²) in [5.41, 5.74) is 2.67. The van der Waals surface area contributed by atoms with Gasteiger partial charge in [-0.15, -0.1) is 0 Å². The lowest BCUT2D eigenvalue weighted by Crippen LogP contribution is -2.23. The van der Waals surface area contributed by atoms with E-state index in [1.165, 1.54) is 11.1 Å². The van der Waals surface area contributed by atoms with E-state index in [0.29, 0.717) is 6.04 Å². The van der Waals surface area contributed by atoms with Gasteiger partial charge < -0.3 is 14.8 Å². The number of fused-ring (bicyclic) bond motifs is 1. The largest absolute Gasteiger partial charge is 0.493 e. The van der Waals surface area contributed by atoms with Gasteiger partial charge in [0.25, 0.3) is 0 Å². The summed E-state index contributed by atoms with van der Waals surface area (Å²) in [6.45, 7) is 4.89. The lowest BCUT2D eigenvalue weighted by molar-refractivity contribution is 0.188. The molecule has 106 valence electrons. The Kier molecular flexibility index (Phi) is 5.67. The topological polar surface area (TPSA) is 30.5 Å². The van der Waals surface area contributed by atoms with E-state index in [2.05, 4.69) is 30.4 Å². The van der Waals surface area contributed by atoms with Gasteiger partial charge in [0.2, 0.25) is 0 Å². The third kappa shape index (κ3) is 3.71. The molecule has 0 spiro atoms. The Morgan fingerprint density at radius 3 is 3.11 bits per heavy atom. The van der Waals surface area contributed by atoms with E-state index in [1.807, 2.05) is 0 Å². The van der Waals surface area contributed by atoms with Crippen LogP contribution in [-0.2, 0) is 11.2 Å². The van der Waals surface area contributed by atoms with Crippen molar-refractivity contribution >= 4 is 0 Å². The second kappa shape index (κ2) is 7.51. The molecule has 0 aliphatic carbocycles. The second-order valence-corrected chi connectivity index (χ2v) is 5.08. The van der Waals surface area contributed by atoms with Crippen LogP contribution >= 0.6 is 0 Å². The molecule has 1 atom stereocenters. The van der Waals surface area contributed by atoms with Gasteiger partial charge in [0.05, 0.1) is 6.61 Å². The van der Waals surface area contributed by atoms with Crippen molar-refractivity contribution in [1.29, 1.82) is 0 Å². The molecule has 0 amide bonds. The van der Waals surface area contributed by atoms with Crippen molar-refractivity contribution in [3.63, 3.8) is 0 Å². The highest BCUT2D eigenvalue weighted by Crippen LogP contribution is 2.35. The van der Waals surface area contributed by atoms with Crippen LogP contribution in [-0.4, -0.2) is 26.9 Å². The highest BCUT2D eigenvalue weighted by Gasteiger charge is 2.21. The fourth-order valence-corrected chi connectivity index (χ4v) is 2.63. The molecule has 1 aromatic rings. The average Bonchev–Trinajstić information content (AvgIpc) is 2.91. The minimum atomic E-state index is 0.378. The molecule has 0 saturated carbocycles. The molecule has 3 heteroatoms. The molecule has 1 heterocycles. The maximum absolute atomic E-state index is 5.83. The van der Waals surface area contributed by atoms with Crippen molar-refractivity contribution in [2.24, 2.45) is 0 Å². The van der Waals surface area contributed by atoms with Gasteiger partial charge in [-0.3, -0.25) is 0 Å². The molecular formula is C16H25NO2. The summed E-state index contributed by atoms with van der Waals surface area (Å²) in [5.74, 6) is 1.12. The predicted molar refractivity (Wildman–Crippen MR) is 77.8 cm³/mol. The Bertz CT molecular complexity index is 392. The van der Waals surface area contributed by atoms with Crippen LogP contribution in [0.25, 0.3) is 0 Å². The van der Waals surface area contributed by atoms with Gasteiger partial charge in [0, 0.05) is 31.7 Å². The minimum Gasteiger partial charge on any atom is -0.493 e. The third-order valence-electron chi connectivity index (χ3n) is 3.60. The molecule has 0 fully saturated rings. The lowest BCUT2D eigenvalue weighted by Gasteiger charge is -2.21. The highest BCUT2D eigenvalue weighted by atomic mass is 16.5. The number of hydrogen-bond acceptors (Lipinski definition) is 3. The number of nitrogens with one attached hydrogen (secondary N) is 1. The predicted octanol–water partition coefficient (Wildman–Crippen LogP) is 3.09. The van der Waals surface area contributed by atoms with Crippen molar-refractivity contribution in [3.8, 4) is 5.75 Å². The monoisotopic (exact) mass is 263 g/mol. The zero-order valence-electron chi connectivity index (χ0n) is 12.1. The van der Waals surface area contributed by atoms with Crippen LogP contribution < -0.4 is 10.1 Å². The minimum absolute atomic E-state index is 0.378. The molecule has 1 aliphatic rings. The number of ether oxygens (including phenoxy) is 2. The van der Waals surface area contributed by atoms with Crippen molar-refractivity contribution in [2.75, 3.05) is 26.9 Å². The Morgan fingerprint density at radius 2 is 2.32 bits per heavy atom. The molecule has 0 aromatic heterocycles. The van der Waals surface area contributed by atoms with Gasteiger partial charge in [0.15, 0.2) is 0 Å². The molecule has 0 bridgehead atoms. The molecule has 1 aromatic carbocycles. The van der Waals surface area contributed by atoms with E-state index in [1.54, 1.807) is 7.11 Å². The van der Waals surface area contributed by atoms with Crippen LogP contribution in [0, 0.1) is 0 Å². The molecule has 1 N–H and O–H groups in total. The van der Waals surface area contributed by atoms with Gasteiger partial charge in [0.1, 0.15) is 5.75 Å². The Morgan fingerprint density at radius 1 is 1.42 bits per heavy atom. The molecular weight excluding hydrogens is 238 g/mol. The maximum Gasteiger partial charge on any atom is 0.127 e.